The molecule has 2 amide bonds. The Balaban J connectivity index is 1.91. The second-order valence-electron chi connectivity index (χ2n) is 6.55. The molecule has 0 aliphatic carbocycles. The third-order valence-electron chi connectivity index (χ3n) is 4.54. The van der Waals surface area contributed by atoms with Crippen molar-refractivity contribution < 1.29 is 14.3 Å². The first-order valence-electron chi connectivity index (χ1n) is 9.66. The molecule has 0 saturated carbocycles. The molecule has 0 aromatic heterocycles. The van der Waals surface area contributed by atoms with Crippen molar-refractivity contribution in [3.8, 4) is 5.75 Å². The monoisotopic (exact) mass is 395 g/mol. The summed E-state index contributed by atoms with van der Waals surface area (Å²) in [4.78, 5) is 28.0. The summed E-state index contributed by atoms with van der Waals surface area (Å²) in [5, 5.41) is 0. The van der Waals surface area contributed by atoms with Gasteiger partial charge in [-0.1, -0.05) is 55.8 Å². The van der Waals surface area contributed by atoms with Crippen molar-refractivity contribution in [2.24, 2.45) is 0 Å². The molecule has 0 atom stereocenters. The number of carbonyl (C=O) groups is 2. The molecule has 0 unspecified atom stereocenters. The first-order valence-corrected chi connectivity index (χ1v) is 10.6. The van der Waals surface area contributed by atoms with Crippen LogP contribution in [0.1, 0.15) is 37.8 Å². The zero-order valence-electron chi connectivity index (χ0n) is 16.3. The first-order chi connectivity index (χ1) is 13.7. The van der Waals surface area contributed by atoms with Crippen molar-refractivity contribution in [3.63, 3.8) is 0 Å². The van der Waals surface area contributed by atoms with Gasteiger partial charge in [0.2, 0.25) is 0 Å². The summed E-state index contributed by atoms with van der Waals surface area (Å²) in [5.41, 5.74) is 2.39. The Morgan fingerprint density at radius 2 is 1.64 bits per heavy atom. The van der Waals surface area contributed by atoms with E-state index in [1.165, 1.54) is 16.7 Å². The van der Waals surface area contributed by atoms with Gasteiger partial charge in [-0.3, -0.25) is 14.5 Å². The second kappa shape index (κ2) is 9.60. The number of amides is 2. The van der Waals surface area contributed by atoms with E-state index in [0.717, 1.165) is 29.7 Å². The van der Waals surface area contributed by atoms with E-state index in [4.69, 9.17) is 4.74 Å². The minimum Gasteiger partial charge on any atom is -0.494 e. The molecule has 0 saturated heterocycles. The van der Waals surface area contributed by atoms with Gasteiger partial charge in [-0.05, 0) is 36.6 Å². The fourth-order valence-electron chi connectivity index (χ4n) is 3.08. The standard InChI is InChI=1S/C23H25NO3S/c1-3-5-15-24-22(25)20(18-11-13-19(14-12-18)27-4-2)21(23(24)26)28-16-17-9-7-6-8-10-17/h6-14H,3-5,15-16H2,1-2H3. The van der Waals surface area contributed by atoms with E-state index in [9.17, 15) is 9.59 Å². The Morgan fingerprint density at radius 3 is 2.29 bits per heavy atom. The van der Waals surface area contributed by atoms with Crippen LogP contribution >= 0.6 is 11.8 Å². The highest BCUT2D eigenvalue weighted by molar-refractivity contribution is 8.03. The summed E-state index contributed by atoms with van der Waals surface area (Å²) in [5.74, 6) is 1.03. The molecule has 4 nitrogen and oxygen atoms in total. The molecular formula is C23H25NO3S. The number of unbranched alkanes of at least 4 members (excludes halogenated alkanes) is 1. The Morgan fingerprint density at radius 1 is 0.929 bits per heavy atom. The van der Waals surface area contributed by atoms with E-state index in [1.807, 2.05) is 61.5 Å². The third kappa shape index (κ3) is 4.47. The van der Waals surface area contributed by atoms with Crippen molar-refractivity contribution in [2.75, 3.05) is 13.2 Å². The number of rotatable bonds is 9. The van der Waals surface area contributed by atoms with Crippen LogP contribution < -0.4 is 4.74 Å². The van der Waals surface area contributed by atoms with Gasteiger partial charge in [-0.25, -0.2) is 0 Å². The molecule has 5 heteroatoms. The molecule has 1 aliphatic heterocycles. The minimum atomic E-state index is -0.196. The highest BCUT2D eigenvalue weighted by Gasteiger charge is 2.38. The highest BCUT2D eigenvalue weighted by Crippen LogP contribution is 2.38. The molecule has 0 fully saturated rings. The van der Waals surface area contributed by atoms with E-state index in [0.29, 0.717) is 29.4 Å². The van der Waals surface area contributed by atoms with Crippen LogP contribution in [0.4, 0.5) is 0 Å². The number of benzene rings is 2. The van der Waals surface area contributed by atoms with Gasteiger partial charge in [0, 0.05) is 12.3 Å². The first kappa shape index (κ1) is 20.2. The fraction of sp³-hybridized carbons (Fsp3) is 0.304. The van der Waals surface area contributed by atoms with E-state index < -0.39 is 0 Å². The molecule has 0 spiro atoms. The van der Waals surface area contributed by atoms with Crippen LogP contribution in [0.15, 0.2) is 59.5 Å². The van der Waals surface area contributed by atoms with Gasteiger partial charge in [-0.2, -0.15) is 0 Å². The van der Waals surface area contributed by atoms with Crippen LogP contribution in [-0.4, -0.2) is 29.9 Å². The van der Waals surface area contributed by atoms with Gasteiger partial charge >= 0.3 is 0 Å². The smallest absolute Gasteiger partial charge is 0.267 e. The second-order valence-corrected chi connectivity index (χ2v) is 7.54. The van der Waals surface area contributed by atoms with Gasteiger partial charge in [0.1, 0.15) is 5.75 Å². The number of carbonyl (C=O) groups excluding carboxylic acids is 2. The summed E-state index contributed by atoms with van der Waals surface area (Å²) in [7, 11) is 0. The predicted octanol–water partition coefficient (Wildman–Crippen LogP) is 4.90. The largest absolute Gasteiger partial charge is 0.494 e. The maximum atomic E-state index is 13.1. The highest BCUT2D eigenvalue weighted by atomic mass is 32.2. The minimum absolute atomic E-state index is 0.178. The number of hydrogen-bond acceptors (Lipinski definition) is 4. The van der Waals surface area contributed by atoms with Crippen molar-refractivity contribution in [2.45, 2.75) is 32.4 Å². The molecule has 0 radical (unpaired) electrons. The van der Waals surface area contributed by atoms with Crippen LogP contribution in [0.25, 0.3) is 5.57 Å². The Kier molecular flexibility index (Phi) is 6.93. The van der Waals surface area contributed by atoms with Gasteiger partial charge < -0.3 is 4.74 Å². The average Bonchev–Trinajstić information content (AvgIpc) is 2.96. The van der Waals surface area contributed by atoms with E-state index >= 15 is 0 Å². The average molecular weight is 396 g/mol. The Bertz CT molecular complexity index is 859. The molecule has 2 aromatic rings. The number of ether oxygens (including phenoxy) is 1. The fourth-order valence-corrected chi connectivity index (χ4v) is 4.16. The van der Waals surface area contributed by atoms with Crippen molar-refractivity contribution >= 4 is 29.1 Å². The van der Waals surface area contributed by atoms with Crippen LogP contribution in [0, 0.1) is 0 Å². The molecular weight excluding hydrogens is 370 g/mol. The van der Waals surface area contributed by atoms with E-state index in [-0.39, 0.29) is 11.8 Å². The molecule has 1 aliphatic rings. The Hall–Kier alpha value is -2.53. The molecule has 146 valence electrons. The SMILES string of the molecule is CCCCN1C(=O)C(SCc2ccccc2)=C(c2ccc(OCC)cc2)C1=O. The zero-order valence-corrected chi connectivity index (χ0v) is 17.1. The van der Waals surface area contributed by atoms with Crippen molar-refractivity contribution in [3.05, 3.63) is 70.6 Å². The number of imide groups is 1. The van der Waals surface area contributed by atoms with Crippen LogP contribution in [0.3, 0.4) is 0 Å². The van der Waals surface area contributed by atoms with Crippen molar-refractivity contribution in [1.82, 2.24) is 4.90 Å². The third-order valence-corrected chi connectivity index (χ3v) is 5.69. The lowest BCUT2D eigenvalue weighted by molar-refractivity contribution is -0.136. The predicted molar refractivity (Wildman–Crippen MR) is 114 cm³/mol. The summed E-state index contributed by atoms with van der Waals surface area (Å²) in [6.07, 6.45) is 1.74. The lowest BCUT2D eigenvalue weighted by atomic mass is 10.1. The van der Waals surface area contributed by atoms with Gasteiger partial charge in [0.25, 0.3) is 11.8 Å². The lowest BCUT2D eigenvalue weighted by Gasteiger charge is -2.14. The number of thioether (sulfide) groups is 1. The zero-order chi connectivity index (χ0) is 19.9. The molecule has 1 heterocycles. The maximum absolute atomic E-state index is 13.1. The van der Waals surface area contributed by atoms with E-state index in [1.54, 1.807) is 0 Å². The van der Waals surface area contributed by atoms with Gasteiger partial charge in [0.15, 0.2) is 0 Å². The molecule has 28 heavy (non-hydrogen) atoms. The van der Waals surface area contributed by atoms with Crippen LogP contribution in [0.2, 0.25) is 0 Å². The summed E-state index contributed by atoms with van der Waals surface area (Å²) < 4.78 is 5.49. The molecule has 0 N–H and O–H groups in total. The normalized spacial score (nSPS) is 14.1. The summed E-state index contributed by atoms with van der Waals surface area (Å²) in [6, 6.07) is 17.4. The van der Waals surface area contributed by atoms with Gasteiger partial charge in [-0.15, -0.1) is 11.8 Å². The number of hydrogen-bond donors (Lipinski definition) is 0. The molecule has 3 rings (SSSR count). The maximum Gasteiger partial charge on any atom is 0.267 e. The topological polar surface area (TPSA) is 46.6 Å². The van der Waals surface area contributed by atoms with Gasteiger partial charge in [0.05, 0.1) is 17.1 Å². The molecule has 0 bridgehead atoms. The Labute approximate surface area is 170 Å². The quantitative estimate of drug-likeness (QED) is 0.567. The summed E-state index contributed by atoms with van der Waals surface area (Å²) >= 11 is 1.44. The lowest BCUT2D eigenvalue weighted by Crippen LogP contribution is -2.32. The number of nitrogens with zero attached hydrogens (tertiary/aromatic N) is 1. The molecule has 2 aromatic carbocycles. The van der Waals surface area contributed by atoms with Crippen LogP contribution in [0.5, 0.6) is 5.75 Å². The van der Waals surface area contributed by atoms with Crippen molar-refractivity contribution in [1.29, 1.82) is 0 Å². The van der Waals surface area contributed by atoms with Crippen LogP contribution in [-0.2, 0) is 15.3 Å². The van der Waals surface area contributed by atoms with E-state index in [2.05, 4.69) is 6.92 Å². The summed E-state index contributed by atoms with van der Waals surface area (Å²) in [6.45, 7) is 5.03.